The van der Waals surface area contributed by atoms with Gasteiger partial charge in [-0.15, -0.1) is 0 Å². The molecule has 1 heterocycles. The highest BCUT2D eigenvalue weighted by Gasteiger charge is 2.06. The molecule has 0 saturated carbocycles. The Morgan fingerprint density at radius 1 is 1.12 bits per heavy atom. The molecule has 82 valence electrons. The van der Waals surface area contributed by atoms with E-state index in [2.05, 4.69) is 39.2 Å². The second-order valence-corrected chi connectivity index (χ2v) is 4.48. The van der Waals surface area contributed by atoms with Crippen molar-refractivity contribution >= 4 is 21.6 Å². The van der Waals surface area contributed by atoms with Gasteiger partial charge in [0.15, 0.2) is 0 Å². The van der Waals surface area contributed by atoms with Crippen LogP contribution in [-0.2, 0) is 0 Å². The summed E-state index contributed by atoms with van der Waals surface area (Å²) in [7, 11) is 0. The molecule has 1 aromatic heterocycles. The van der Waals surface area contributed by atoms with Crippen LogP contribution < -0.4 is 5.32 Å². The van der Waals surface area contributed by atoms with Gasteiger partial charge < -0.3 is 5.32 Å². The number of para-hydroxylation sites is 1. The zero-order chi connectivity index (χ0) is 11.4. The topological polar surface area (TPSA) is 24.9 Å². The van der Waals surface area contributed by atoms with Gasteiger partial charge in [-0.05, 0) is 52.7 Å². The van der Waals surface area contributed by atoms with Crippen LogP contribution in [0, 0.1) is 0 Å². The number of hydrogen-bond donors (Lipinski definition) is 1. The Hall–Kier alpha value is -1.35. The fraction of sp³-hybridized carbons (Fsp3) is 0.154. The number of nitrogens with zero attached hydrogens (tertiary/aromatic N) is 1. The summed E-state index contributed by atoms with van der Waals surface area (Å²) in [5.74, 6) is 0. The SMILES string of the molecule is CC(Nc1ccccc1Br)c1ccncc1. The number of anilines is 1. The first kappa shape index (κ1) is 11.1. The molecule has 0 saturated heterocycles. The number of hydrogen-bond acceptors (Lipinski definition) is 2. The molecule has 0 spiro atoms. The maximum atomic E-state index is 4.02. The molecule has 2 aromatic rings. The predicted octanol–water partition coefficient (Wildman–Crippen LogP) is 4.02. The van der Waals surface area contributed by atoms with Gasteiger partial charge in [-0.3, -0.25) is 4.98 Å². The third-order valence-electron chi connectivity index (χ3n) is 2.45. The Kier molecular flexibility index (Phi) is 3.57. The third-order valence-corrected chi connectivity index (χ3v) is 3.14. The molecule has 1 unspecified atom stereocenters. The van der Waals surface area contributed by atoms with E-state index in [0.29, 0.717) is 0 Å². The lowest BCUT2D eigenvalue weighted by molar-refractivity contribution is 0.879. The number of aromatic nitrogens is 1. The maximum Gasteiger partial charge on any atom is 0.0489 e. The van der Waals surface area contributed by atoms with Crippen molar-refractivity contribution in [2.75, 3.05) is 5.32 Å². The third kappa shape index (κ3) is 2.61. The molecule has 0 amide bonds. The Labute approximate surface area is 104 Å². The lowest BCUT2D eigenvalue weighted by atomic mass is 10.1. The fourth-order valence-electron chi connectivity index (χ4n) is 1.55. The van der Waals surface area contributed by atoms with E-state index in [4.69, 9.17) is 0 Å². The molecule has 0 aliphatic carbocycles. The highest BCUT2D eigenvalue weighted by atomic mass is 79.9. The van der Waals surface area contributed by atoms with Crippen LogP contribution in [0.25, 0.3) is 0 Å². The normalized spacial score (nSPS) is 12.1. The van der Waals surface area contributed by atoms with E-state index in [1.165, 1.54) is 5.56 Å². The van der Waals surface area contributed by atoms with Crippen LogP contribution in [0.2, 0.25) is 0 Å². The van der Waals surface area contributed by atoms with E-state index in [1.807, 2.05) is 42.7 Å². The summed E-state index contributed by atoms with van der Waals surface area (Å²) < 4.78 is 1.08. The van der Waals surface area contributed by atoms with Crippen LogP contribution >= 0.6 is 15.9 Å². The van der Waals surface area contributed by atoms with Crippen molar-refractivity contribution in [3.8, 4) is 0 Å². The average Bonchev–Trinajstić information content (AvgIpc) is 2.33. The van der Waals surface area contributed by atoms with Crippen molar-refractivity contribution in [3.63, 3.8) is 0 Å². The summed E-state index contributed by atoms with van der Waals surface area (Å²) in [4.78, 5) is 4.02. The van der Waals surface area contributed by atoms with Crippen molar-refractivity contribution in [2.45, 2.75) is 13.0 Å². The molecular weight excluding hydrogens is 264 g/mol. The van der Waals surface area contributed by atoms with E-state index < -0.39 is 0 Å². The van der Waals surface area contributed by atoms with Gasteiger partial charge in [-0.1, -0.05) is 12.1 Å². The van der Waals surface area contributed by atoms with E-state index in [0.717, 1.165) is 10.2 Å². The highest BCUT2D eigenvalue weighted by molar-refractivity contribution is 9.10. The summed E-state index contributed by atoms with van der Waals surface area (Å²) >= 11 is 3.52. The monoisotopic (exact) mass is 276 g/mol. The molecule has 1 aromatic carbocycles. The second kappa shape index (κ2) is 5.12. The van der Waals surface area contributed by atoms with Gasteiger partial charge in [0, 0.05) is 28.6 Å². The van der Waals surface area contributed by atoms with Crippen molar-refractivity contribution in [1.82, 2.24) is 4.98 Å². The molecule has 0 fully saturated rings. The number of pyridine rings is 1. The lowest BCUT2D eigenvalue weighted by Gasteiger charge is -2.16. The first-order valence-corrected chi connectivity index (χ1v) is 5.97. The molecule has 3 heteroatoms. The molecule has 0 bridgehead atoms. The first-order chi connectivity index (χ1) is 7.77. The minimum Gasteiger partial charge on any atom is -0.378 e. The average molecular weight is 277 g/mol. The van der Waals surface area contributed by atoms with Gasteiger partial charge in [-0.2, -0.15) is 0 Å². The lowest BCUT2D eigenvalue weighted by Crippen LogP contribution is -2.06. The molecule has 0 radical (unpaired) electrons. The van der Waals surface area contributed by atoms with E-state index in [-0.39, 0.29) is 6.04 Å². The minimum atomic E-state index is 0.265. The Morgan fingerprint density at radius 3 is 2.50 bits per heavy atom. The molecule has 1 atom stereocenters. The highest BCUT2D eigenvalue weighted by Crippen LogP contribution is 2.25. The summed E-state index contributed by atoms with van der Waals surface area (Å²) in [6.07, 6.45) is 3.63. The van der Waals surface area contributed by atoms with Crippen molar-refractivity contribution in [2.24, 2.45) is 0 Å². The van der Waals surface area contributed by atoms with Crippen LogP contribution in [0.1, 0.15) is 18.5 Å². The number of benzene rings is 1. The van der Waals surface area contributed by atoms with Crippen LogP contribution in [0.5, 0.6) is 0 Å². The smallest absolute Gasteiger partial charge is 0.0489 e. The van der Waals surface area contributed by atoms with Gasteiger partial charge in [0.05, 0.1) is 0 Å². The minimum absolute atomic E-state index is 0.265. The molecule has 2 nitrogen and oxygen atoms in total. The number of rotatable bonds is 3. The van der Waals surface area contributed by atoms with Gasteiger partial charge in [0.2, 0.25) is 0 Å². The van der Waals surface area contributed by atoms with E-state index >= 15 is 0 Å². The summed E-state index contributed by atoms with van der Waals surface area (Å²) in [6.45, 7) is 2.13. The van der Waals surface area contributed by atoms with Gasteiger partial charge in [-0.25, -0.2) is 0 Å². The van der Waals surface area contributed by atoms with Crippen LogP contribution in [0.15, 0.2) is 53.3 Å². The maximum absolute atomic E-state index is 4.02. The van der Waals surface area contributed by atoms with Crippen molar-refractivity contribution in [1.29, 1.82) is 0 Å². The molecule has 2 rings (SSSR count). The van der Waals surface area contributed by atoms with Gasteiger partial charge in [0.25, 0.3) is 0 Å². The van der Waals surface area contributed by atoms with Crippen LogP contribution in [0.4, 0.5) is 5.69 Å². The van der Waals surface area contributed by atoms with E-state index in [9.17, 15) is 0 Å². The first-order valence-electron chi connectivity index (χ1n) is 5.18. The van der Waals surface area contributed by atoms with Gasteiger partial charge in [0.1, 0.15) is 0 Å². The Morgan fingerprint density at radius 2 is 1.81 bits per heavy atom. The fourth-order valence-corrected chi connectivity index (χ4v) is 1.95. The molecule has 0 aliphatic heterocycles. The van der Waals surface area contributed by atoms with Crippen LogP contribution in [-0.4, -0.2) is 4.98 Å². The van der Waals surface area contributed by atoms with Gasteiger partial charge >= 0.3 is 0 Å². The predicted molar refractivity (Wildman–Crippen MR) is 70.4 cm³/mol. The quantitative estimate of drug-likeness (QED) is 0.916. The Bertz CT molecular complexity index is 456. The number of nitrogens with one attached hydrogen (secondary N) is 1. The summed E-state index contributed by atoms with van der Waals surface area (Å²) in [5.41, 5.74) is 2.33. The summed E-state index contributed by atoms with van der Waals surface area (Å²) in [5, 5.41) is 3.45. The largest absolute Gasteiger partial charge is 0.378 e. The van der Waals surface area contributed by atoms with E-state index in [1.54, 1.807) is 0 Å². The second-order valence-electron chi connectivity index (χ2n) is 3.63. The molecule has 0 aliphatic rings. The van der Waals surface area contributed by atoms with Crippen molar-refractivity contribution in [3.05, 3.63) is 58.8 Å². The molecule has 16 heavy (non-hydrogen) atoms. The Balaban J connectivity index is 2.14. The zero-order valence-corrected chi connectivity index (χ0v) is 10.6. The van der Waals surface area contributed by atoms with Crippen LogP contribution in [0.3, 0.4) is 0 Å². The molecular formula is C13H13BrN2. The zero-order valence-electron chi connectivity index (χ0n) is 9.02. The number of halogens is 1. The molecule has 1 N–H and O–H groups in total. The van der Waals surface area contributed by atoms with Crippen molar-refractivity contribution < 1.29 is 0 Å². The standard InChI is InChI=1S/C13H13BrN2/c1-10(11-6-8-15-9-7-11)16-13-5-3-2-4-12(13)14/h2-10,16H,1H3. The summed E-state index contributed by atoms with van der Waals surface area (Å²) in [6, 6.07) is 12.4.